The number of rotatable bonds is 14. The molecular formula is C27H38O5. The molecule has 0 amide bonds. The van der Waals surface area contributed by atoms with Gasteiger partial charge in [-0.05, 0) is 55.2 Å². The zero-order chi connectivity index (χ0) is 23.4. The smallest absolute Gasteiger partial charge is 0.337 e. The lowest BCUT2D eigenvalue weighted by atomic mass is 9.88. The van der Waals surface area contributed by atoms with Crippen LogP contribution in [0.1, 0.15) is 80.8 Å². The Morgan fingerprint density at radius 1 is 0.906 bits per heavy atom. The second-order valence-corrected chi connectivity index (χ2v) is 8.42. The minimum atomic E-state index is -1.16. The van der Waals surface area contributed by atoms with Crippen LogP contribution in [0.2, 0.25) is 0 Å². The molecule has 0 fully saturated rings. The van der Waals surface area contributed by atoms with Crippen LogP contribution in [0.25, 0.3) is 0 Å². The molecule has 0 aliphatic rings. The molecule has 176 valence electrons. The minimum Gasteiger partial charge on any atom is -0.490 e. The summed E-state index contributed by atoms with van der Waals surface area (Å²) in [5, 5.41) is 11.2. The molecule has 0 aliphatic heterocycles. The summed E-state index contributed by atoms with van der Waals surface area (Å²) in [6.45, 7) is 7.39. The number of carbonyl (C=O) groups excluding carboxylic acids is 1. The molecule has 2 aromatic carbocycles. The van der Waals surface area contributed by atoms with E-state index >= 15 is 0 Å². The molecule has 0 aromatic heterocycles. The van der Waals surface area contributed by atoms with E-state index in [0.717, 1.165) is 49.8 Å². The number of hydrogen-bond acceptors (Lipinski definition) is 5. The van der Waals surface area contributed by atoms with Gasteiger partial charge in [-0.1, -0.05) is 57.7 Å². The monoisotopic (exact) mass is 442 g/mol. The van der Waals surface area contributed by atoms with Crippen LogP contribution in [0.3, 0.4) is 0 Å². The third kappa shape index (κ3) is 7.86. The van der Waals surface area contributed by atoms with Crippen molar-refractivity contribution in [1.29, 1.82) is 0 Å². The third-order valence-corrected chi connectivity index (χ3v) is 5.47. The Bertz CT molecular complexity index is 844. The minimum absolute atomic E-state index is 0.374. The van der Waals surface area contributed by atoms with Crippen molar-refractivity contribution in [1.82, 2.24) is 0 Å². The van der Waals surface area contributed by atoms with Gasteiger partial charge in [0.25, 0.3) is 0 Å². The van der Waals surface area contributed by atoms with Crippen LogP contribution in [0.5, 0.6) is 11.5 Å². The molecule has 0 radical (unpaired) electrons. The van der Waals surface area contributed by atoms with Crippen molar-refractivity contribution in [3.8, 4) is 11.5 Å². The first kappa shape index (κ1) is 25.7. The summed E-state index contributed by atoms with van der Waals surface area (Å²) >= 11 is 0. The molecule has 1 unspecified atom stereocenters. The van der Waals surface area contributed by atoms with Crippen LogP contribution in [0.15, 0.2) is 42.5 Å². The number of carbonyl (C=O) groups is 1. The summed E-state index contributed by atoms with van der Waals surface area (Å²) in [5.41, 5.74) is 0.851. The highest BCUT2D eigenvalue weighted by molar-refractivity contribution is 5.89. The van der Waals surface area contributed by atoms with Crippen molar-refractivity contribution < 1.29 is 24.1 Å². The third-order valence-electron chi connectivity index (χ3n) is 5.47. The number of unbranched alkanes of at least 4 members (excludes halogenated alkanes) is 4. The molecule has 2 aromatic rings. The van der Waals surface area contributed by atoms with E-state index in [1.165, 1.54) is 7.11 Å². The first-order chi connectivity index (χ1) is 15.4. The molecule has 0 saturated heterocycles. The van der Waals surface area contributed by atoms with Crippen LogP contribution in [-0.4, -0.2) is 31.4 Å². The van der Waals surface area contributed by atoms with E-state index in [4.69, 9.17) is 14.2 Å². The maximum absolute atomic E-state index is 11.9. The SMILES string of the molecule is CCCCCOc1ccc(CC(C)(O)c2cccc(C(=O)OC)c2)cc1OCCCCC. The molecule has 0 saturated carbocycles. The summed E-state index contributed by atoms with van der Waals surface area (Å²) in [7, 11) is 1.35. The molecule has 5 nitrogen and oxygen atoms in total. The van der Waals surface area contributed by atoms with E-state index < -0.39 is 11.6 Å². The van der Waals surface area contributed by atoms with Gasteiger partial charge >= 0.3 is 5.97 Å². The lowest BCUT2D eigenvalue weighted by Crippen LogP contribution is -2.24. The largest absolute Gasteiger partial charge is 0.490 e. The molecule has 0 heterocycles. The molecule has 2 rings (SSSR count). The van der Waals surface area contributed by atoms with Crippen molar-refractivity contribution in [3.63, 3.8) is 0 Å². The van der Waals surface area contributed by atoms with Gasteiger partial charge in [-0.15, -0.1) is 0 Å². The lowest BCUT2D eigenvalue weighted by Gasteiger charge is -2.25. The van der Waals surface area contributed by atoms with Crippen LogP contribution in [-0.2, 0) is 16.8 Å². The Labute approximate surface area is 192 Å². The second kappa shape index (κ2) is 13.1. The fourth-order valence-corrected chi connectivity index (χ4v) is 3.56. The first-order valence-corrected chi connectivity index (χ1v) is 11.7. The Hall–Kier alpha value is -2.53. The summed E-state index contributed by atoms with van der Waals surface area (Å²) in [6.07, 6.45) is 6.92. The van der Waals surface area contributed by atoms with Crippen molar-refractivity contribution in [2.24, 2.45) is 0 Å². The molecule has 0 aliphatic carbocycles. The van der Waals surface area contributed by atoms with Gasteiger partial charge in [-0.3, -0.25) is 0 Å². The highest BCUT2D eigenvalue weighted by Gasteiger charge is 2.25. The van der Waals surface area contributed by atoms with Crippen LogP contribution < -0.4 is 9.47 Å². The van der Waals surface area contributed by atoms with E-state index in [1.807, 2.05) is 24.3 Å². The van der Waals surface area contributed by atoms with E-state index in [1.54, 1.807) is 25.1 Å². The van der Waals surface area contributed by atoms with Gasteiger partial charge in [0.2, 0.25) is 0 Å². The summed E-state index contributed by atoms with van der Waals surface area (Å²) in [5.74, 6) is 1.04. The average molecular weight is 443 g/mol. The van der Waals surface area contributed by atoms with E-state index in [0.29, 0.717) is 36.5 Å². The van der Waals surface area contributed by atoms with Gasteiger partial charge in [0, 0.05) is 6.42 Å². The Balaban J connectivity index is 2.19. The summed E-state index contributed by atoms with van der Waals surface area (Å²) < 4.78 is 16.8. The fourth-order valence-electron chi connectivity index (χ4n) is 3.56. The predicted molar refractivity (Wildman–Crippen MR) is 128 cm³/mol. The van der Waals surface area contributed by atoms with E-state index in [-0.39, 0.29) is 0 Å². The Kier molecular flexibility index (Phi) is 10.5. The van der Waals surface area contributed by atoms with Crippen LogP contribution in [0, 0.1) is 0 Å². The quantitative estimate of drug-likeness (QED) is 0.284. The van der Waals surface area contributed by atoms with Crippen molar-refractivity contribution in [2.45, 2.75) is 71.3 Å². The van der Waals surface area contributed by atoms with Crippen LogP contribution in [0.4, 0.5) is 0 Å². The lowest BCUT2D eigenvalue weighted by molar-refractivity contribution is 0.0564. The number of esters is 1. The van der Waals surface area contributed by atoms with E-state index in [9.17, 15) is 9.90 Å². The highest BCUT2D eigenvalue weighted by Crippen LogP contribution is 2.33. The molecule has 1 atom stereocenters. The molecular weight excluding hydrogens is 404 g/mol. The number of methoxy groups -OCH3 is 1. The Morgan fingerprint density at radius 2 is 1.56 bits per heavy atom. The van der Waals surface area contributed by atoms with Gasteiger partial charge in [0.05, 0.1) is 31.5 Å². The topological polar surface area (TPSA) is 65.0 Å². The molecule has 1 N–H and O–H groups in total. The highest BCUT2D eigenvalue weighted by atomic mass is 16.5. The maximum atomic E-state index is 11.9. The van der Waals surface area contributed by atoms with Gasteiger partial charge < -0.3 is 19.3 Å². The maximum Gasteiger partial charge on any atom is 0.337 e. The first-order valence-electron chi connectivity index (χ1n) is 11.7. The summed E-state index contributed by atoms with van der Waals surface area (Å²) in [6, 6.07) is 12.8. The fraction of sp³-hybridized carbons (Fsp3) is 0.519. The zero-order valence-electron chi connectivity index (χ0n) is 20.0. The average Bonchev–Trinajstić information content (AvgIpc) is 2.80. The van der Waals surface area contributed by atoms with Crippen molar-refractivity contribution in [2.75, 3.05) is 20.3 Å². The van der Waals surface area contributed by atoms with Gasteiger partial charge in [0.15, 0.2) is 11.5 Å². The zero-order valence-corrected chi connectivity index (χ0v) is 20.0. The summed E-state index contributed by atoms with van der Waals surface area (Å²) in [4.78, 5) is 11.9. The Morgan fingerprint density at radius 3 is 2.19 bits per heavy atom. The number of benzene rings is 2. The normalized spacial score (nSPS) is 12.8. The number of hydrogen-bond donors (Lipinski definition) is 1. The van der Waals surface area contributed by atoms with Gasteiger partial charge in [-0.2, -0.15) is 0 Å². The molecule has 5 heteroatoms. The number of aliphatic hydroxyl groups is 1. The second-order valence-electron chi connectivity index (χ2n) is 8.42. The molecule has 32 heavy (non-hydrogen) atoms. The molecule has 0 spiro atoms. The number of ether oxygens (including phenoxy) is 3. The van der Waals surface area contributed by atoms with E-state index in [2.05, 4.69) is 13.8 Å². The molecule has 0 bridgehead atoms. The van der Waals surface area contributed by atoms with Crippen molar-refractivity contribution in [3.05, 3.63) is 59.2 Å². The van der Waals surface area contributed by atoms with Gasteiger partial charge in [-0.25, -0.2) is 4.79 Å². The van der Waals surface area contributed by atoms with Crippen LogP contribution >= 0.6 is 0 Å². The predicted octanol–water partition coefficient (Wildman–Crippen LogP) is 6.06. The standard InChI is InChI=1S/C27H38O5/c1-5-7-9-16-31-24-15-14-21(18-25(24)32-17-10-8-6-2)20-27(3,29)23-13-11-12-22(19-23)26(28)30-4/h11-15,18-19,29H,5-10,16-17,20H2,1-4H3. The van der Waals surface area contributed by atoms with Gasteiger partial charge in [0.1, 0.15) is 0 Å². The van der Waals surface area contributed by atoms with Crippen molar-refractivity contribution >= 4 is 5.97 Å².